The van der Waals surface area contributed by atoms with Gasteiger partial charge in [-0.25, -0.2) is 0 Å². The summed E-state index contributed by atoms with van der Waals surface area (Å²) in [6, 6.07) is 14.2. The number of ether oxygens (including phenoxy) is 2. The number of anilines is 1. The largest absolute Gasteiger partial charge is 0.493 e. The molecule has 2 aromatic rings. The average Bonchev–Trinajstić information content (AvgIpc) is 3.01. The number of amides is 3. The zero-order valence-corrected chi connectivity index (χ0v) is 17.5. The van der Waals surface area contributed by atoms with Crippen LogP contribution < -0.4 is 14.8 Å². The topological polar surface area (TPSA) is 84.9 Å². The lowest BCUT2D eigenvalue weighted by molar-refractivity contribution is -0.122. The Balaban J connectivity index is 1.79. The minimum Gasteiger partial charge on any atom is -0.493 e. The summed E-state index contributed by atoms with van der Waals surface area (Å²) >= 11 is 0.888. The molecule has 1 aliphatic heterocycles. The van der Waals surface area contributed by atoms with Crippen molar-refractivity contribution in [3.8, 4) is 11.5 Å². The van der Waals surface area contributed by atoms with Gasteiger partial charge >= 0.3 is 0 Å². The Morgan fingerprint density at radius 3 is 2.60 bits per heavy atom. The number of benzene rings is 2. The Hall–Kier alpha value is -3.26. The fourth-order valence-electron chi connectivity index (χ4n) is 2.88. The summed E-state index contributed by atoms with van der Waals surface area (Å²) in [5, 5.41) is 2.45. The van der Waals surface area contributed by atoms with Crippen LogP contribution in [-0.4, -0.2) is 42.2 Å². The fourth-order valence-corrected chi connectivity index (χ4v) is 3.73. The van der Waals surface area contributed by atoms with Crippen LogP contribution in [0.15, 0.2) is 53.4 Å². The molecular formula is C22H22N2O5S. The van der Waals surface area contributed by atoms with Gasteiger partial charge in [0.2, 0.25) is 0 Å². The van der Waals surface area contributed by atoms with E-state index < -0.39 is 0 Å². The fraction of sp³-hybridized carbons (Fsp3) is 0.227. The van der Waals surface area contributed by atoms with Crippen molar-refractivity contribution >= 4 is 40.6 Å². The van der Waals surface area contributed by atoms with Gasteiger partial charge in [-0.15, -0.1) is 0 Å². The standard InChI is InChI=1S/C22H22N2O5S/c1-3-12-24-21(26)18(30-22(24)27)13-15-8-7-11-17(28-2)20(15)29-14-19(25)23-16-9-5-4-6-10-16/h4-11,13H,3,12,14H2,1-2H3,(H,23,25)/b18-13+. The molecule has 0 radical (unpaired) electrons. The Bertz CT molecular complexity index is 975. The Labute approximate surface area is 179 Å². The molecule has 30 heavy (non-hydrogen) atoms. The van der Waals surface area contributed by atoms with Crippen LogP contribution in [0.3, 0.4) is 0 Å². The maximum atomic E-state index is 12.5. The van der Waals surface area contributed by atoms with Crippen LogP contribution in [0.4, 0.5) is 10.5 Å². The Morgan fingerprint density at radius 2 is 1.90 bits per heavy atom. The van der Waals surface area contributed by atoms with E-state index in [1.54, 1.807) is 36.4 Å². The molecule has 156 valence electrons. The summed E-state index contributed by atoms with van der Waals surface area (Å²) in [7, 11) is 1.49. The second-order valence-corrected chi connectivity index (χ2v) is 7.41. The predicted molar refractivity (Wildman–Crippen MR) is 117 cm³/mol. The second-order valence-electron chi connectivity index (χ2n) is 6.41. The number of rotatable bonds is 8. The lowest BCUT2D eigenvalue weighted by Crippen LogP contribution is -2.28. The molecule has 1 aliphatic rings. The van der Waals surface area contributed by atoms with E-state index in [4.69, 9.17) is 9.47 Å². The van der Waals surface area contributed by atoms with Crippen molar-refractivity contribution < 1.29 is 23.9 Å². The molecule has 2 aromatic carbocycles. The third-order valence-electron chi connectivity index (χ3n) is 4.24. The maximum Gasteiger partial charge on any atom is 0.293 e. The molecule has 7 nitrogen and oxygen atoms in total. The lowest BCUT2D eigenvalue weighted by Gasteiger charge is -2.14. The molecule has 1 saturated heterocycles. The summed E-state index contributed by atoms with van der Waals surface area (Å²) in [5.74, 6) is 0.0818. The number of hydrogen-bond donors (Lipinski definition) is 1. The highest BCUT2D eigenvalue weighted by atomic mass is 32.2. The van der Waals surface area contributed by atoms with Gasteiger partial charge in [0.15, 0.2) is 18.1 Å². The van der Waals surface area contributed by atoms with Gasteiger partial charge in [-0.3, -0.25) is 19.3 Å². The molecule has 0 saturated carbocycles. The Morgan fingerprint density at radius 1 is 1.13 bits per heavy atom. The van der Waals surface area contributed by atoms with E-state index in [1.807, 2.05) is 25.1 Å². The van der Waals surface area contributed by atoms with Gasteiger partial charge in [-0.2, -0.15) is 0 Å². The summed E-state index contributed by atoms with van der Waals surface area (Å²) in [6.07, 6.45) is 2.28. The molecule has 1 fully saturated rings. The summed E-state index contributed by atoms with van der Waals surface area (Å²) < 4.78 is 11.1. The molecule has 0 aromatic heterocycles. The number of nitrogens with one attached hydrogen (secondary N) is 1. The van der Waals surface area contributed by atoms with Gasteiger partial charge in [0.1, 0.15) is 0 Å². The highest BCUT2D eigenvalue weighted by Crippen LogP contribution is 2.37. The number of nitrogens with zero attached hydrogens (tertiary/aromatic N) is 1. The number of methoxy groups -OCH3 is 1. The number of thioether (sulfide) groups is 1. The number of imide groups is 1. The number of para-hydroxylation sites is 2. The van der Waals surface area contributed by atoms with Gasteiger partial charge in [-0.05, 0) is 42.5 Å². The molecule has 0 bridgehead atoms. The SMILES string of the molecule is CCCN1C(=O)S/C(=C/c2cccc(OC)c2OCC(=O)Nc2ccccc2)C1=O. The van der Waals surface area contributed by atoms with Crippen molar-refractivity contribution in [3.63, 3.8) is 0 Å². The average molecular weight is 426 g/mol. The van der Waals surface area contributed by atoms with Crippen molar-refractivity contribution in [1.29, 1.82) is 0 Å². The predicted octanol–water partition coefficient (Wildman–Crippen LogP) is 4.16. The van der Waals surface area contributed by atoms with Crippen molar-refractivity contribution in [2.45, 2.75) is 13.3 Å². The molecule has 0 atom stereocenters. The quantitative estimate of drug-likeness (QED) is 0.638. The minimum atomic E-state index is -0.332. The number of carbonyl (C=O) groups is 3. The molecule has 3 amide bonds. The minimum absolute atomic E-state index is 0.243. The molecular weight excluding hydrogens is 404 g/mol. The normalized spacial score (nSPS) is 14.9. The third kappa shape index (κ3) is 5.01. The summed E-state index contributed by atoms with van der Waals surface area (Å²) in [4.78, 5) is 38.4. The molecule has 0 unspecified atom stereocenters. The van der Waals surface area contributed by atoms with Gasteiger partial charge in [0, 0.05) is 17.8 Å². The van der Waals surface area contributed by atoms with Gasteiger partial charge < -0.3 is 14.8 Å². The first-order chi connectivity index (χ1) is 14.5. The molecule has 1 heterocycles. The molecule has 0 spiro atoms. The Kier molecular flexibility index (Phi) is 7.13. The van der Waals surface area contributed by atoms with E-state index in [9.17, 15) is 14.4 Å². The first kappa shape index (κ1) is 21.4. The molecule has 3 rings (SSSR count). The highest BCUT2D eigenvalue weighted by Gasteiger charge is 2.34. The zero-order valence-electron chi connectivity index (χ0n) is 16.7. The van der Waals surface area contributed by atoms with Crippen LogP contribution in [0.2, 0.25) is 0 Å². The van der Waals surface area contributed by atoms with E-state index in [2.05, 4.69) is 5.32 Å². The van der Waals surface area contributed by atoms with E-state index in [1.165, 1.54) is 12.0 Å². The van der Waals surface area contributed by atoms with Crippen LogP contribution in [0.25, 0.3) is 6.08 Å². The van der Waals surface area contributed by atoms with Crippen molar-refractivity contribution in [2.24, 2.45) is 0 Å². The lowest BCUT2D eigenvalue weighted by atomic mass is 10.1. The second kappa shape index (κ2) is 9.98. The van der Waals surface area contributed by atoms with Crippen molar-refractivity contribution in [3.05, 3.63) is 59.0 Å². The molecule has 1 N–H and O–H groups in total. The van der Waals surface area contributed by atoms with E-state index in [0.717, 1.165) is 11.8 Å². The smallest absolute Gasteiger partial charge is 0.293 e. The van der Waals surface area contributed by atoms with E-state index >= 15 is 0 Å². The number of hydrogen-bond acceptors (Lipinski definition) is 6. The van der Waals surface area contributed by atoms with Crippen LogP contribution >= 0.6 is 11.8 Å². The van der Waals surface area contributed by atoms with Crippen LogP contribution in [0.1, 0.15) is 18.9 Å². The highest BCUT2D eigenvalue weighted by molar-refractivity contribution is 8.18. The molecule has 8 heteroatoms. The van der Waals surface area contributed by atoms with E-state index in [0.29, 0.717) is 40.6 Å². The van der Waals surface area contributed by atoms with Gasteiger partial charge in [0.05, 0.1) is 12.0 Å². The monoisotopic (exact) mass is 426 g/mol. The summed E-state index contributed by atoms with van der Waals surface area (Å²) in [6.45, 7) is 2.04. The van der Waals surface area contributed by atoms with Crippen molar-refractivity contribution in [2.75, 3.05) is 25.6 Å². The zero-order chi connectivity index (χ0) is 21.5. The van der Waals surface area contributed by atoms with Crippen LogP contribution in [0, 0.1) is 0 Å². The third-order valence-corrected chi connectivity index (χ3v) is 5.15. The first-order valence-corrected chi connectivity index (χ1v) is 10.2. The van der Waals surface area contributed by atoms with Crippen molar-refractivity contribution in [1.82, 2.24) is 4.90 Å². The first-order valence-electron chi connectivity index (χ1n) is 9.43. The summed E-state index contributed by atoms with van der Waals surface area (Å²) in [5.41, 5.74) is 1.21. The van der Waals surface area contributed by atoms with E-state index in [-0.39, 0.29) is 23.7 Å². The maximum absolute atomic E-state index is 12.5. The van der Waals surface area contributed by atoms with Crippen LogP contribution in [0.5, 0.6) is 11.5 Å². The van der Waals surface area contributed by atoms with Crippen LogP contribution in [-0.2, 0) is 9.59 Å². The van der Waals surface area contributed by atoms with Gasteiger partial charge in [-0.1, -0.05) is 37.3 Å². The number of carbonyl (C=O) groups excluding carboxylic acids is 3. The van der Waals surface area contributed by atoms with Gasteiger partial charge in [0.25, 0.3) is 17.1 Å². The molecule has 0 aliphatic carbocycles.